The number of rotatable bonds is 16. The Morgan fingerprint density at radius 1 is 0.926 bits per heavy atom. The summed E-state index contributed by atoms with van der Waals surface area (Å²) in [6.45, 7) is 4.15. The molecule has 0 aliphatic rings. The molecule has 0 aliphatic carbocycles. The predicted molar refractivity (Wildman–Crippen MR) is 97.0 cm³/mol. The zero-order chi connectivity index (χ0) is 20.0. The maximum atomic E-state index is 12.1. The normalized spacial score (nSPS) is 13.4. The number of esters is 1. The summed E-state index contributed by atoms with van der Waals surface area (Å²) in [5, 5.41) is 8.51. The van der Waals surface area contributed by atoms with Gasteiger partial charge in [-0.25, -0.2) is 0 Å². The first-order valence-electron chi connectivity index (χ1n) is 9.58. The van der Waals surface area contributed by atoms with E-state index in [1.165, 1.54) is 25.7 Å². The Morgan fingerprint density at radius 3 is 1.89 bits per heavy atom. The van der Waals surface area contributed by atoms with Crippen molar-refractivity contribution in [3.8, 4) is 0 Å². The topological polar surface area (TPSA) is 121 Å². The van der Waals surface area contributed by atoms with E-state index in [4.69, 9.17) is 9.29 Å². The van der Waals surface area contributed by atoms with Crippen LogP contribution in [0.2, 0.25) is 0 Å². The average molecular weight is 433 g/mol. The molecule has 0 rings (SSSR count). The van der Waals surface area contributed by atoms with Crippen molar-refractivity contribution in [2.45, 2.75) is 102 Å². The van der Waals surface area contributed by atoms with Crippen molar-refractivity contribution in [3.05, 3.63) is 0 Å². The molecular formula is C18H33KO7S. The van der Waals surface area contributed by atoms with Crippen LogP contribution in [0.25, 0.3) is 0 Å². The number of aliphatic carboxylic acids is 1. The molecule has 7 nitrogen and oxygen atoms in total. The van der Waals surface area contributed by atoms with Gasteiger partial charge in [0.2, 0.25) is 0 Å². The van der Waals surface area contributed by atoms with Crippen LogP contribution in [0.4, 0.5) is 0 Å². The van der Waals surface area contributed by atoms with Crippen molar-refractivity contribution in [2.24, 2.45) is 0 Å². The van der Waals surface area contributed by atoms with Crippen LogP contribution in [0.1, 0.15) is 90.9 Å². The summed E-state index contributed by atoms with van der Waals surface area (Å²) in [4.78, 5) is 22.7. The molecule has 0 aliphatic heterocycles. The Labute approximate surface area is 206 Å². The first-order valence-corrected chi connectivity index (χ1v) is 11.1. The Bertz CT molecular complexity index is 508. The fraction of sp³-hybridized carbons (Fsp3) is 0.889. The van der Waals surface area contributed by atoms with E-state index in [1.807, 2.05) is 6.92 Å². The number of hydrogen-bond acceptors (Lipinski definition) is 6. The third-order valence-corrected chi connectivity index (χ3v) is 5.34. The summed E-state index contributed by atoms with van der Waals surface area (Å²) < 4.78 is 36.8. The number of ether oxygens (including phenoxy) is 1. The molecule has 0 heterocycles. The maximum absolute atomic E-state index is 12.1. The first kappa shape index (κ1) is 29.7. The average Bonchev–Trinajstić information content (AvgIpc) is 2.55. The van der Waals surface area contributed by atoms with Crippen molar-refractivity contribution in [1.29, 1.82) is 0 Å². The molecule has 27 heavy (non-hydrogen) atoms. The molecule has 0 amide bonds. The van der Waals surface area contributed by atoms with Crippen molar-refractivity contribution < 1.29 is 83.8 Å². The molecule has 2 atom stereocenters. The Balaban J connectivity index is 0. The van der Waals surface area contributed by atoms with Crippen LogP contribution in [-0.2, 0) is 24.4 Å². The minimum absolute atomic E-state index is 0. The molecule has 0 fully saturated rings. The SMILES string of the molecule is CCCCCCCCCC(CCCC)OC(=O)C(CC(=O)[O-])S(=O)(=O)O.[K+]. The monoisotopic (exact) mass is 432 g/mol. The van der Waals surface area contributed by atoms with Gasteiger partial charge >= 0.3 is 57.4 Å². The second-order valence-corrected chi connectivity index (χ2v) is 8.29. The third-order valence-electron chi connectivity index (χ3n) is 4.27. The standard InChI is InChI=1S/C18H34O7S.K/c1-3-5-7-8-9-10-11-13-15(12-6-4-2)25-18(21)16(14-17(19)20)26(22,23)24;/h15-16H,3-14H2,1-2H3,(H,19,20)(H,22,23,24);/q;+1/p-1. The molecule has 154 valence electrons. The first-order chi connectivity index (χ1) is 12.2. The van der Waals surface area contributed by atoms with E-state index in [1.54, 1.807) is 0 Å². The van der Waals surface area contributed by atoms with Gasteiger partial charge in [-0.2, -0.15) is 8.42 Å². The van der Waals surface area contributed by atoms with Gasteiger partial charge in [0.25, 0.3) is 10.1 Å². The van der Waals surface area contributed by atoms with Crippen LogP contribution in [-0.4, -0.2) is 36.3 Å². The molecular weight excluding hydrogens is 399 g/mol. The number of carboxylic acids is 1. The largest absolute Gasteiger partial charge is 1.00 e. The van der Waals surface area contributed by atoms with E-state index in [-0.39, 0.29) is 51.4 Å². The summed E-state index contributed by atoms with van der Waals surface area (Å²) in [5.74, 6) is -2.96. The van der Waals surface area contributed by atoms with E-state index in [0.29, 0.717) is 12.8 Å². The molecule has 0 aromatic carbocycles. The summed E-state index contributed by atoms with van der Waals surface area (Å²) in [5.41, 5.74) is 0. The van der Waals surface area contributed by atoms with Gasteiger partial charge in [0, 0.05) is 12.4 Å². The van der Waals surface area contributed by atoms with Crippen LogP contribution in [0.3, 0.4) is 0 Å². The summed E-state index contributed by atoms with van der Waals surface area (Å²) >= 11 is 0. The molecule has 0 spiro atoms. The predicted octanol–water partition coefficient (Wildman–Crippen LogP) is -0.370. The van der Waals surface area contributed by atoms with Crippen molar-refractivity contribution in [1.82, 2.24) is 0 Å². The molecule has 0 saturated carbocycles. The number of carbonyl (C=O) groups is 2. The van der Waals surface area contributed by atoms with Gasteiger partial charge in [-0.05, 0) is 19.3 Å². The van der Waals surface area contributed by atoms with Crippen molar-refractivity contribution in [3.63, 3.8) is 0 Å². The Hall–Kier alpha value is 0.486. The molecule has 2 unspecified atom stereocenters. The molecule has 0 aromatic rings. The quantitative estimate of drug-likeness (QED) is 0.153. The van der Waals surface area contributed by atoms with Crippen LogP contribution >= 0.6 is 0 Å². The van der Waals surface area contributed by atoms with Crippen LogP contribution in [0.15, 0.2) is 0 Å². The van der Waals surface area contributed by atoms with Crippen LogP contribution < -0.4 is 56.5 Å². The fourth-order valence-corrected chi connectivity index (χ4v) is 3.37. The van der Waals surface area contributed by atoms with E-state index in [9.17, 15) is 23.1 Å². The molecule has 0 aromatic heterocycles. The minimum Gasteiger partial charge on any atom is -0.550 e. The fourth-order valence-electron chi connectivity index (χ4n) is 2.72. The third kappa shape index (κ3) is 16.0. The Kier molecular flexibility index (Phi) is 19.1. The Morgan fingerprint density at radius 2 is 1.41 bits per heavy atom. The smallest absolute Gasteiger partial charge is 0.550 e. The van der Waals surface area contributed by atoms with Gasteiger partial charge in [0.15, 0.2) is 5.25 Å². The summed E-state index contributed by atoms with van der Waals surface area (Å²) in [6.07, 6.45) is 9.07. The zero-order valence-corrected chi connectivity index (χ0v) is 20.9. The molecule has 0 radical (unpaired) electrons. The van der Waals surface area contributed by atoms with E-state index < -0.39 is 39.8 Å². The second-order valence-electron chi connectivity index (χ2n) is 6.69. The number of hydrogen-bond donors (Lipinski definition) is 1. The van der Waals surface area contributed by atoms with Gasteiger partial charge in [0.1, 0.15) is 6.10 Å². The van der Waals surface area contributed by atoms with Gasteiger partial charge in [-0.3, -0.25) is 9.35 Å². The van der Waals surface area contributed by atoms with Crippen molar-refractivity contribution in [2.75, 3.05) is 0 Å². The van der Waals surface area contributed by atoms with E-state index in [2.05, 4.69) is 6.92 Å². The van der Waals surface area contributed by atoms with Crippen LogP contribution in [0, 0.1) is 0 Å². The van der Waals surface area contributed by atoms with Gasteiger partial charge in [-0.1, -0.05) is 65.2 Å². The number of carbonyl (C=O) groups excluding carboxylic acids is 2. The summed E-state index contributed by atoms with van der Waals surface area (Å²) in [6, 6.07) is 0. The maximum Gasteiger partial charge on any atom is 1.00 e. The zero-order valence-electron chi connectivity index (χ0n) is 16.9. The van der Waals surface area contributed by atoms with Gasteiger partial charge in [0.05, 0.1) is 0 Å². The summed E-state index contributed by atoms with van der Waals surface area (Å²) in [7, 11) is -4.86. The van der Waals surface area contributed by atoms with Gasteiger partial charge in [-0.15, -0.1) is 0 Å². The number of carboxylic acid groups (broad SMARTS) is 1. The molecule has 0 bridgehead atoms. The number of unbranched alkanes of at least 4 members (excludes halogenated alkanes) is 7. The van der Waals surface area contributed by atoms with Crippen LogP contribution in [0.5, 0.6) is 0 Å². The van der Waals surface area contributed by atoms with Crippen molar-refractivity contribution >= 4 is 22.1 Å². The second kappa shape index (κ2) is 17.4. The molecule has 0 saturated heterocycles. The molecule has 1 N–H and O–H groups in total. The van der Waals surface area contributed by atoms with E-state index in [0.717, 1.165) is 32.1 Å². The molecule has 9 heteroatoms. The minimum atomic E-state index is -4.86. The van der Waals surface area contributed by atoms with E-state index >= 15 is 0 Å². The van der Waals surface area contributed by atoms with Gasteiger partial charge < -0.3 is 14.6 Å².